The molecule has 1 aromatic heterocycles. The average Bonchev–Trinajstić information content (AvgIpc) is 2.89. The number of aromatic nitrogens is 2. The Morgan fingerprint density at radius 1 is 1.54 bits per heavy atom. The Hall–Kier alpha value is -1.55. The van der Waals surface area contributed by atoms with Crippen molar-refractivity contribution in [3.8, 4) is 0 Å². The van der Waals surface area contributed by atoms with Gasteiger partial charge in [-0.1, -0.05) is 6.08 Å². The number of H-pyrrole nitrogens is 1. The van der Waals surface area contributed by atoms with Gasteiger partial charge in [-0.2, -0.15) is 0 Å². The van der Waals surface area contributed by atoms with Crippen LogP contribution in [0.15, 0.2) is 28.4 Å². The van der Waals surface area contributed by atoms with Crippen LogP contribution in [0.25, 0.3) is 0 Å². The van der Waals surface area contributed by atoms with E-state index >= 15 is 0 Å². The van der Waals surface area contributed by atoms with E-state index in [9.17, 15) is 14.2 Å². The second-order valence-corrected chi connectivity index (χ2v) is 6.53. The number of nitrogens with zero attached hydrogens (tertiary/aromatic N) is 1. The molecule has 24 heavy (non-hydrogen) atoms. The molecule has 11 heteroatoms. The zero-order chi connectivity index (χ0) is 17.9. The van der Waals surface area contributed by atoms with Crippen molar-refractivity contribution >= 4 is 7.82 Å². The van der Waals surface area contributed by atoms with Crippen LogP contribution in [0.1, 0.15) is 18.2 Å². The standard InChI is InChI=1S/C13H19N2O8P/c1-3-4-21-9-5-11(23-10(9)7-22-24(18,19)20)15-6-8(2)12(16)14-13(15)17/h3,6,9-11H,1,4-5,7H2,2H3,(H,14,16,17)(H2,18,19,20)/t9-,10-,11-/m1/s1. The van der Waals surface area contributed by atoms with Crippen molar-refractivity contribution in [3.63, 3.8) is 0 Å². The lowest BCUT2D eigenvalue weighted by atomic mass is 10.2. The summed E-state index contributed by atoms with van der Waals surface area (Å²) in [5.74, 6) is 0. The van der Waals surface area contributed by atoms with Crippen LogP contribution in [-0.2, 0) is 18.6 Å². The topological polar surface area (TPSA) is 140 Å². The van der Waals surface area contributed by atoms with Crippen molar-refractivity contribution in [1.29, 1.82) is 0 Å². The minimum atomic E-state index is -4.66. The molecular weight excluding hydrogens is 343 g/mol. The number of ether oxygens (including phenoxy) is 2. The number of hydrogen-bond donors (Lipinski definition) is 3. The molecule has 1 saturated heterocycles. The molecule has 0 aliphatic carbocycles. The van der Waals surface area contributed by atoms with Crippen LogP contribution in [0.2, 0.25) is 0 Å². The van der Waals surface area contributed by atoms with Crippen LogP contribution in [0, 0.1) is 6.92 Å². The van der Waals surface area contributed by atoms with E-state index in [0.29, 0.717) is 5.56 Å². The Labute approximate surface area is 136 Å². The largest absolute Gasteiger partial charge is 0.469 e. The van der Waals surface area contributed by atoms with Crippen LogP contribution in [0.4, 0.5) is 0 Å². The van der Waals surface area contributed by atoms with Gasteiger partial charge in [0, 0.05) is 18.2 Å². The first-order valence-corrected chi connectivity index (χ1v) is 8.64. The van der Waals surface area contributed by atoms with E-state index in [2.05, 4.69) is 16.1 Å². The SMILES string of the molecule is C=CCO[C@@H]1C[C@H](n2cc(C)c(=O)[nH]c2=O)O[C@@H]1COP(=O)(O)O. The number of hydrogen-bond acceptors (Lipinski definition) is 6. The van der Waals surface area contributed by atoms with Gasteiger partial charge in [-0.15, -0.1) is 6.58 Å². The molecule has 3 N–H and O–H groups in total. The van der Waals surface area contributed by atoms with Crippen LogP contribution in [0.5, 0.6) is 0 Å². The van der Waals surface area contributed by atoms with E-state index in [1.807, 2.05) is 0 Å². The monoisotopic (exact) mass is 362 g/mol. The maximum absolute atomic E-state index is 11.9. The Bertz CT molecular complexity index is 751. The fourth-order valence-corrected chi connectivity index (χ4v) is 2.70. The van der Waals surface area contributed by atoms with E-state index < -0.39 is 44.1 Å². The van der Waals surface area contributed by atoms with Crippen molar-refractivity contribution in [2.45, 2.75) is 31.8 Å². The Morgan fingerprint density at radius 2 is 2.25 bits per heavy atom. The number of rotatable bonds is 7. The molecule has 134 valence electrons. The second-order valence-electron chi connectivity index (χ2n) is 5.29. The smallest absolute Gasteiger partial charge is 0.371 e. The molecule has 2 rings (SSSR count). The zero-order valence-electron chi connectivity index (χ0n) is 13.0. The minimum absolute atomic E-state index is 0.201. The third-order valence-electron chi connectivity index (χ3n) is 3.47. The van der Waals surface area contributed by atoms with Crippen molar-refractivity contribution in [2.75, 3.05) is 13.2 Å². The summed E-state index contributed by atoms with van der Waals surface area (Å²) in [7, 11) is -4.66. The van der Waals surface area contributed by atoms with Gasteiger partial charge in [0.1, 0.15) is 12.3 Å². The summed E-state index contributed by atoms with van der Waals surface area (Å²) in [6.07, 6.45) is 1.02. The highest BCUT2D eigenvalue weighted by molar-refractivity contribution is 7.46. The predicted octanol–water partition coefficient (Wildman–Crippen LogP) is -0.187. The molecule has 1 aliphatic rings. The Balaban J connectivity index is 2.20. The van der Waals surface area contributed by atoms with E-state index in [4.69, 9.17) is 19.3 Å². The summed E-state index contributed by atoms with van der Waals surface area (Å²) < 4.78 is 27.7. The molecule has 1 fully saturated rings. The average molecular weight is 362 g/mol. The van der Waals surface area contributed by atoms with Gasteiger partial charge in [-0.25, -0.2) is 9.36 Å². The first-order valence-electron chi connectivity index (χ1n) is 7.11. The lowest BCUT2D eigenvalue weighted by Crippen LogP contribution is -2.33. The molecule has 0 amide bonds. The first-order chi connectivity index (χ1) is 11.2. The summed E-state index contributed by atoms with van der Waals surface area (Å²) in [4.78, 5) is 43.2. The van der Waals surface area contributed by atoms with E-state index in [1.54, 1.807) is 6.92 Å². The third kappa shape index (κ3) is 4.73. The van der Waals surface area contributed by atoms with E-state index in [-0.39, 0.29) is 13.0 Å². The predicted molar refractivity (Wildman–Crippen MR) is 82.5 cm³/mol. The fraction of sp³-hybridized carbons (Fsp3) is 0.538. The molecule has 1 aromatic rings. The number of aryl methyl sites for hydroxylation is 1. The molecule has 0 radical (unpaired) electrons. The summed E-state index contributed by atoms with van der Waals surface area (Å²) >= 11 is 0. The van der Waals surface area contributed by atoms with E-state index in [1.165, 1.54) is 16.8 Å². The van der Waals surface area contributed by atoms with Gasteiger partial charge < -0.3 is 19.3 Å². The van der Waals surface area contributed by atoms with Crippen LogP contribution >= 0.6 is 7.82 Å². The van der Waals surface area contributed by atoms with Crippen LogP contribution in [0.3, 0.4) is 0 Å². The van der Waals surface area contributed by atoms with E-state index in [0.717, 1.165) is 0 Å². The summed E-state index contributed by atoms with van der Waals surface area (Å²) in [5, 5.41) is 0. The summed E-state index contributed by atoms with van der Waals surface area (Å²) in [6, 6.07) is 0. The quantitative estimate of drug-likeness (QED) is 0.448. The highest BCUT2D eigenvalue weighted by Crippen LogP contribution is 2.38. The zero-order valence-corrected chi connectivity index (χ0v) is 13.8. The fourth-order valence-electron chi connectivity index (χ4n) is 2.36. The highest BCUT2D eigenvalue weighted by atomic mass is 31.2. The normalized spacial score (nSPS) is 24.2. The highest BCUT2D eigenvalue weighted by Gasteiger charge is 2.38. The molecule has 0 bridgehead atoms. The third-order valence-corrected chi connectivity index (χ3v) is 3.96. The number of phosphoric ester groups is 1. The maximum atomic E-state index is 11.9. The van der Waals surface area contributed by atoms with Crippen molar-refractivity contribution in [3.05, 3.63) is 45.3 Å². The molecule has 1 aliphatic heterocycles. The van der Waals surface area contributed by atoms with Gasteiger partial charge >= 0.3 is 13.5 Å². The molecule has 3 atom stereocenters. The van der Waals surface area contributed by atoms with Gasteiger partial charge in [-0.05, 0) is 6.92 Å². The number of nitrogens with one attached hydrogen (secondary N) is 1. The summed E-state index contributed by atoms with van der Waals surface area (Å²) in [6.45, 7) is 4.87. The van der Waals surface area contributed by atoms with Gasteiger partial charge in [0.05, 0.1) is 19.3 Å². The lowest BCUT2D eigenvalue weighted by Gasteiger charge is -2.18. The molecule has 0 aromatic carbocycles. The van der Waals surface area contributed by atoms with Crippen LogP contribution < -0.4 is 11.2 Å². The van der Waals surface area contributed by atoms with Crippen molar-refractivity contribution in [1.82, 2.24) is 9.55 Å². The van der Waals surface area contributed by atoms with Crippen LogP contribution in [-0.4, -0.2) is 44.8 Å². The van der Waals surface area contributed by atoms with Gasteiger partial charge in [0.2, 0.25) is 0 Å². The Kier molecular flexibility index (Phi) is 5.92. The Morgan fingerprint density at radius 3 is 2.88 bits per heavy atom. The number of phosphoric acid groups is 1. The van der Waals surface area contributed by atoms with Crippen molar-refractivity contribution in [2.24, 2.45) is 0 Å². The van der Waals surface area contributed by atoms with Gasteiger partial charge in [0.25, 0.3) is 5.56 Å². The molecule has 0 unspecified atom stereocenters. The molecule has 10 nitrogen and oxygen atoms in total. The molecule has 2 heterocycles. The van der Waals surface area contributed by atoms with Gasteiger partial charge in [0.15, 0.2) is 0 Å². The minimum Gasteiger partial charge on any atom is -0.371 e. The summed E-state index contributed by atoms with van der Waals surface area (Å²) in [5.41, 5.74) is -0.804. The number of aromatic amines is 1. The second kappa shape index (κ2) is 7.56. The lowest BCUT2D eigenvalue weighted by molar-refractivity contribution is -0.0572. The van der Waals surface area contributed by atoms with Gasteiger partial charge in [-0.3, -0.25) is 18.9 Å². The molecule has 0 spiro atoms. The first kappa shape index (κ1) is 18.8. The molecule has 0 saturated carbocycles. The maximum Gasteiger partial charge on any atom is 0.469 e. The molecular formula is C13H19N2O8P. The van der Waals surface area contributed by atoms with Crippen molar-refractivity contribution < 1.29 is 28.3 Å².